The van der Waals surface area contributed by atoms with Gasteiger partial charge in [-0.05, 0) is 0 Å². The van der Waals surface area contributed by atoms with Crippen LogP contribution in [0.25, 0.3) is 0 Å². The van der Waals surface area contributed by atoms with E-state index >= 15 is 0 Å². The summed E-state index contributed by atoms with van der Waals surface area (Å²) in [6.45, 7) is 2.40. The minimum Gasteiger partial charge on any atom is -0.463 e. The lowest BCUT2D eigenvalue weighted by atomic mass is 10.2. The highest BCUT2D eigenvalue weighted by molar-refractivity contribution is 5.85. The molecule has 0 radical (unpaired) electrons. The molecule has 0 unspecified atom stereocenters. The summed E-state index contributed by atoms with van der Waals surface area (Å²) in [5.74, 6) is 1.27. The van der Waals surface area contributed by atoms with E-state index in [1.54, 1.807) is 0 Å². The van der Waals surface area contributed by atoms with Gasteiger partial charge in [0.2, 0.25) is 0 Å². The number of anilines is 1. The summed E-state index contributed by atoms with van der Waals surface area (Å²) in [7, 11) is 0. The number of nitrogens with two attached hydrogens (primary N) is 1. The number of halogens is 1. The van der Waals surface area contributed by atoms with E-state index in [0.29, 0.717) is 0 Å². The second-order valence-electron chi connectivity index (χ2n) is 5.19. The first-order valence-corrected chi connectivity index (χ1v) is 7.13. The summed E-state index contributed by atoms with van der Waals surface area (Å²) in [4.78, 5) is 37.9. The summed E-state index contributed by atoms with van der Waals surface area (Å²) in [5.41, 5.74) is 5.16. The van der Waals surface area contributed by atoms with E-state index in [1.165, 1.54) is 24.6 Å². The van der Waals surface area contributed by atoms with Gasteiger partial charge in [-0.3, -0.25) is 14.2 Å². The molecule has 2 rings (SSSR count). The van der Waals surface area contributed by atoms with E-state index in [9.17, 15) is 14.4 Å². The Balaban J connectivity index is 0.00000312. The van der Waals surface area contributed by atoms with Crippen LogP contribution in [0.2, 0.25) is 0 Å². The van der Waals surface area contributed by atoms with E-state index in [1.807, 2.05) is 0 Å². The predicted molar refractivity (Wildman–Crippen MR) is 88.8 cm³/mol. The molecule has 2 heterocycles. The van der Waals surface area contributed by atoms with Gasteiger partial charge in [0.25, 0.3) is 0 Å². The standard InChI is InChI=1S/C15H17N3O6.ClH/c1-4-10-6-18(15(21)17-14(10)16)13-5-11(23-9(3)20)12(24-13)7-22-8(2)19;/h1,6,11-13H,5,7H2,2-3H3,(H2,16,17,21);1H/t11-,12+,13+;/m0./s1. The molecule has 1 saturated heterocycles. The van der Waals surface area contributed by atoms with Gasteiger partial charge in [-0.25, -0.2) is 4.79 Å². The molecule has 2 N–H and O–H groups in total. The maximum absolute atomic E-state index is 12.0. The Hall–Kier alpha value is -2.57. The Morgan fingerprint density at radius 2 is 2.16 bits per heavy atom. The first kappa shape index (κ1) is 20.5. The van der Waals surface area contributed by atoms with Crippen LogP contribution in [0.1, 0.15) is 32.1 Å². The van der Waals surface area contributed by atoms with Gasteiger partial charge in [0.15, 0.2) is 0 Å². The molecule has 1 aromatic rings. The van der Waals surface area contributed by atoms with Gasteiger partial charge < -0.3 is 19.9 Å². The van der Waals surface area contributed by atoms with Crippen molar-refractivity contribution in [3.8, 4) is 12.3 Å². The zero-order valence-electron chi connectivity index (χ0n) is 13.6. The van der Waals surface area contributed by atoms with Crippen LogP contribution < -0.4 is 11.4 Å². The third kappa shape index (κ3) is 4.95. The van der Waals surface area contributed by atoms with E-state index in [-0.39, 0.29) is 36.8 Å². The fourth-order valence-electron chi connectivity index (χ4n) is 2.36. The van der Waals surface area contributed by atoms with Crippen molar-refractivity contribution in [2.45, 2.75) is 38.7 Å². The second-order valence-corrected chi connectivity index (χ2v) is 5.19. The van der Waals surface area contributed by atoms with Gasteiger partial charge in [0.05, 0.1) is 5.56 Å². The van der Waals surface area contributed by atoms with E-state index in [0.717, 1.165) is 0 Å². The van der Waals surface area contributed by atoms with Gasteiger partial charge in [0.1, 0.15) is 30.9 Å². The summed E-state index contributed by atoms with van der Waals surface area (Å²) >= 11 is 0. The van der Waals surface area contributed by atoms with Crippen molar-refractivity contribution in [1.82, 2.24) is 9.55 Å². The van der Waals surface area contributed by atoms with Gasteiger partial charge in [0, 0.05) is 26.5 Å². The van der Waals surface area contributed by atoms with Gasteiger partial charge >= 0.3 is 17.6 Å². The van der Waals surface area contributed by atoms with E-state index in [4.69, 9.17) is 26.4 Å². The average Bonchev–Trinajstić information content (AvgIpc) is 2.87. The Bertz CT molecular complexity index is 757. The summed E-state index contributed by atoms with van der Waals surface area (Å²) in [6.07, 6.45) is 4.70. The van der Waals surface area contributed by atoms with Crippen LogP contribution in [0.15, 0.2) is 11.0 Å². The molecule has 0 amide bonds. The number of hydrogen-bond acceptors (Lipinski definition) is 8. The number of carbonyl (C=O) groups is 2. The van der Waals surface area contributed by atoms with Gasteiger partial charge in [-0.1, -0.05) is 5.92 Å². The monoisotopic (exact) mass is 371 g/mol. The Kier molecular flexibility index (Phi) is 6.97. The zero-order valence-corrected chi connectivity index (χ0v) is 14.4. The number of terminal acetylenes is 1. The van der Waals surface area contributed by atoms with Crippen molar-refractivity contribution in [3.05, 3.63) is 22.2 Å². The lowest BCUT2D eigenvalue weighted by Gasteiger charge is -2.17. The van der Waals surface area contributed by atoms with Crippen LogP contribution >= 0.6 is 12.4 Å². The number of aromatic nitrogens is 2. The molecule has 0 spiro atoms. The minimum absolute atomic E-state index is 0. The molecule has 1 fully saturated rings. The van der Waals surface area contributed by atoms with Crippen LogP contribution in [0, 0.1) is 12.3 Å². The van der Waals surface area contributed by atoms with Crippen molar-refractivity contribution in [1.29, 1.82) is 0 Å². The number of ether oxygens (including phenoxy) is 3. The Labute approximate surface area is 149 Å². The quantitative estimate of drug-likeness (QED) is 0.580. The third-order valence-corrected chi connectivity index (χ3v) is 3.40. The molecule has 3 atom stereocenters. The highest BCUT2D eigenvalue weighted by atomic mass is 35.5. The first-order valence-electron chi connectivity index (χ1n) is 7.13. The van der Waals surface area contributed by atoms with Crippen LogP contribution in [0.4, 0.5) is 5.82 Å². The number of nitrogens with zero attached hydrogens (tertiary/aromatic N) is 2. The van der Waals surface area contributed by atoms with Gasteiger partial charge in [-0.2, -0.15) is 4.98 Å². The van der Waals surface area contributed by atoms with Crippen LogP contribution in [-0.2, 0) is 23.8 Å². The highest BCUT2D eigenvalue weighted by Gasteiger charge is 2.39. The molecule has 136 valence electrons. The van der Waals surface area contributed by atoms with Crippen LogP contribution in [0.5, 0.6) is 0 Å². The molecule has 0 aliphatic carbocycles. The van der Waals surface area contributed by atoms with E-state index < -0.39 is 36.1 Å². The van der Waals surface area contributed by atoms with Crippen LogP contribution in [0.3, 0.4) is 0 Å². The number of hydrogen-bond donors (Lipinski definition) is 1. The normalized spacial score (nSPS) is 21.7. The topological polar surface area (TPSA) is 123 Å². The lowest BCUT2D eigenvalue weighted by Crippen LogP contribution is -2.31. The molecule has 10 heteroatoms. The zero-order chi connectivity index (χ0) is 17.9. The van der Waals surface area contributed by atoms with Crippen molar-refractivity contribution in [2.75, 3.05) is 12.3 Å². The number of nitrogen functional groups attached to an aromatic ring is 1. The molecule has 9 nitrogen and oxygen atoms in total. The molecular weight excluding hydrogens is 354 g/mol. The molecule has 1 aromatic heterocycles. The second kappa shape index (κ2) is 8.50. The summed E-state index contributed by atoms with van der Waals surface area (Å²) in [6, 6.07) is 0. The average molecular weight is 372 g/mol. The number of rotatable bonds is 4. The fraction of sp³-hybridized carbons (Fsp3) is 0.467. The van der Waals surface area contributed by atoms with E-state index in [2.05, 4.69) is 10.9 Å². The molecular formula is C15H18ClN3O6. The fourth-order valence-corrected chi connectivity index (χ4v) is 2.36. The third-order valence-electron chi connectivity index (χ3n) is 3.40. The number of carbonyl (C=O) groups excluding carboxylic acids is 2. The van der Waals surface area contributed by atoms with Crippen molar-refractivity contribution in [2.24, 2.45) is 0 Å². The molecule has 1 aliphatic rings. The summed E-state index contributed by atoms with van der Waals surface area (Å²) in [5, 5.41) is 0. The summed E-state index contributed by atoms with van der Waals surface area (Å²) < 4.78 is 16.9. The molecule has 1 aliphatic heterocycles. The smallest absolute Gasteiger partial charge is 0.351 e. The molecule has 0 aromatic carbocycles. The Morgan fingerprint density at radius 1 is 1.48 bits per heavy atom. The first-order chi connectivity index (χ1) is 11.3. The lowest BCUT2D eigenvalue weighted by molar-refractivity contribution is -0.155. The predicted octanol–water partition coefficient (Wildman–Crippen LogP) is 0.0109. The highest BCUT2D eigenvalue weighted by Crippen LogP contribution is 2.30. The van der Waals surface area contributed by atoms with Crippen molar-refractivity contribution >= 4 is 30.2 Å². The molecule has 0 saturated carbocycles. The minimum atomic E-state index is -0.775. The largest absolute Gasteiger partial charge is 0.463 e. The molecule has 0 bridgehead atoms. The maximum atomic E-state index is 12.0. The SMILES string of the molecule is C#Cc1cn([C@H]2C[C@H](OC(C)=O)[C@@H](COC(C)=O)O2)c(=O)nc1N.Cl. The molecule has 25 heavy (non-hydrogen) atoms. The maximum Gasteiger partial charge on any atom is 0.351 e. The van der Waals surface area contributed by atoms with Crippen molar-refractivity contribution in [3.63, 3.8) is 0 Å². The van der Waals surface area contributed by atoms with Crippen molar-refractivity contribution < 1.29 is 23.8 Å². The number of esters is 2. The van der Waals surface area contributed by atoms with Gasteiger partial charge in [-0.15, -0.1) is 18.8 Å². The van der Waals surface area contributed by atoms with Crippen LogP contribution in [-0.4, -0.2) is 40.3 Å². The Morgan fingerprint density at radius 3 is 2.72 bits per heavy atom.